The first-order chi connectivity index (χ1) is 22.2. The molecule has 0 spiro atoms. The zero-order valence-electron chi connectivity index (χ0n) is 25.9. The molecule has 9 heteroatoms. The van der Waals surface area contributed by atoms with Crippen LogP contribution in [0.3, 0.4) is 0 Å². The normalized spacial score (nSPS) is 13.0. The second-order valence-corrected chi connectivity index (χ2v) is 13.2. The monoisotopic (exact) mass is 678 g/mol. The van der Waals surface area contributed by atoms with E-state index < -0.39 is 23.7 Å². The molecule has 5 aromatic rings. The summed E-state index contributed by atoms with van der Waals surface area (Å²) in [6.07, 6.45) is -0.657. The lowest BCUT2D eigenvalue weighted by Gasteiger charge is -2.25. The van der Waals surface area contributed by atoms with Crippen molar-refractivity contribution < 1.29 is 19.1 Å². The molecule has 1 atom stereocenters. The van der Waals surface area contributed by atoms with Crippen LogP contribution in [0.4, 0.5) is 4.79 Å². The van der Waals surface area contributed by atoms with E-state index in [9.17, 15) is 9.59 Å². The summed E-state index contributed by atoms with van der Waals surface area (Å²) in [4.78, 5) is 26.9. The lowest BCUT2D eigenvalue weighted by molar-refractivity contribution is -0.157. The van der Waals surface area contributed by atoms with Gasteiger partial charge in [0, 0.05) is 22.4 Å². The number of aromatic nitrogens is 3. The van der Waals surface area contributed by atoms with E-state index in [1.165, 1.54) is 0 Å². The van der Waals surface area contributed by atoms with Crippen molar-refractivity contribution in [2.75, 3.05) is 6.61 Å². The van der Waals surface area contributed by atoms with Crippen LogP contribution in [0.5, 0.6) is 0 Å². The number of carbonyl (C=O) groups is 2. The number of benzene rings is 4. The zero-order valence-corrected chi connectivity index (χ0v) is 27.5. The van der Waals surface area contributed by atoms with Crippen LogP contribution in [0.2, 0.25) is 0 Å². The highest BCUT2D eigenvalue weighted by atomic mass is 79.9. The molecule has 0 fully saturated rings. The van der Waals surface area contributed by atoms with Crippen LogP contribution in [0.1, 0.15) is 49.2 Å². The number of esters is 1. The Morgan fingerprint density at radius 2 is 1.46 bits per heavy atom. The molecule has 0 unspecified atom stereocenters. The van der Waals surface area contributed by atoms with Crippen LogP contribution in [0.15, 0.2) is 108 Å². The van der Waals surface area contributed by atoms with Crippen LogP contribution in [0.25, 0.3) is 22.5 Å². The minimum Gasteiger partial charge on any atom is -0.458 e. The summed E-state index contributed by atoms with van der Waals surface area (Å²) in [6, 6.07) is 33.0. The highest BCUT2D eigenvalue weighted by molar-refractivity contribution is 9.10. The largest absolute Gasteiger partial charge is 0.458 e. The average molecular weight is 680 g/mol. The topological polar surface area (TPSA) is 95.3 Å². The third kappa shape index (κ3) is 7.05. The summed E-state index contributed by atoms with van der Waals surface area (Å²) in [7, 11) is 0. The first-order valence-corrected chi connectivity index (χ1v) is 16.0. The summed E-state index contributed by atoms with van der Waals surface area (Å²) in [6.45, 7) is 5.96. The number of amides is 1. The smallest absolute Gasteiger partial charge is 0.407 e. The number of nitrogens with zero attached hydrogens (tertiary/aromatic N) is 3. The lowest BCUT2D eigenvalue weighted by Crippen LogP contribution is -2.46. The molecule has 1 amide bonds. The van der Waals surface area contributed by atoms with Crippen LogP contribution < -0.4 is 5.32 Å². The molecular formula is C37H35BrN4O4. The second-order valence-electron chi connectivity index (χ2n) is 12.3. The molecule has 1 heterocycles. The molecule has 0 saturated heterocycles. The third-order valence-electron chi connectivity index (χ3n) is 7.83. The Morgan fingerprint density at radius 3 is 2.09 bits per heavy atom. The minimum atomic E-state index is -1.06. The number of hydrogen-bond acceptors (Lipinski definition) is 6. The van der Waals surface area contributed by atoms with Crippen molar-refractivity contribution in [2.24, 2.45) is 0 Å². The fraction of sp³-hybridized carbons (Fsp3) is 0.243. The van der Waals surface area contributed by atoms with Crippen LogP contribution in [0, 0.1) is 0 Å². The Morgan fingerprint density at radius 1 is 0.848 bits per heavy atom. The Bertz CT molecular complexity index is 1800. The van der Waals surface area contributed by atoms with Gasteiger partial charge in [0.25, 0.3) is 0 Å². The van der Waals surface area contributed by atoms with E-state index in [0.717, 1.165) is 37.9 Å². The maximum Gasteiger partial charge on any atom is 0.407 e. The zero-order chi connectivity index (χ0) is 32.3. The molecule has 1 aliphatic rings. The van der Waals surface area contributed by atoms with Gasteiger partial charge in [-0.2, -0.15) is 0 Å². The molecular weight excluding hydrogens is 644 g/mol. The molecule has 0 aliphatic heterocycles. The van der Waals surface area contributed by atoms with Gasteiger partial charge in [-0.25, -0.2) is 9.59 Å². The number of carbonyl (C=O) groups excluding carboxylic acids is 2. The summed E-state index contributed by atoms with van der Waals surface area (Å²) in [5.41, 5.74) is 5.63. The van der Waals surface area contributed by atoms with Gasteiger partial charge >= 0.3 is 12.1 Å². The quantitative estimate of drug-likeness (QED) is 0.162. The molecule has 4 aromatic carbocycles. The standard InChI is InChI=1S/C37H35BrN4O4/c1-37(2,3)46-35(43)32(39-36(44)45-23-31-29-15-9-7-13-27(29)28-14-8-10-16-30(28)31)21-33-40-41-34(25-11-5-4-6-12-25)42(33)22-24-17-19-26(38)20-18-24/h4-20,31-32H,21-23H2,1-3H3,(H,39,44)/t32-/m0/s1. The number of halogens is 1. The summed E-state index contributed by atoms with van der Waals surface area (Å²) in [5.74, 6) is 0.486. The lowest BCUT2D eigenvalue weighted by atomic mass is 9.98. The number of hydrogen-bond donors (Lipinski definition) is 1. The van der Waals surface area contributed by atoms with Crippen molar-refractivity contribution in [1.82, 2.24) is 20.1 Å². The molecule has 6 rings (SSSR count). The molecule has 0 bridgehead atoms. The van der Waals surface area contributed by atoms with Gasteiger partial charge in [0.1, 0.15) is 24.1 Å². The first-order valence-electron chi connectivity index (χ1n) is 15.2. The van der Waals surface area contributed by atoms with Crippen molar-refractivity contribution in [3.05, 3.63) is 130 Å². The first kappa shape index (κ1) is 31.2. The van der Waals surface area contributed by atoms with Gasteiger partial charge in [0.2, 0.25) is 0 Å². The van der Waals surface area contributed by atoms with Gasteiger partial charge in [-0.3, -0.25) is 0 Å². The fourth-order valence-electron chi connectivity index (χ4n) is 5.76. The molecule has 1 aliphatic carbocycles. The van der Waals surface area contributed by atoms with E-state index in [1.807, 2.05) is 83.4 Å². The van der Waals surface area contributed by atoms with Gasteiger partial charge in [0.05, 0.1) is 6.54 Å². The summed E-state index contributed by atoms with van der Waals surface area (Å²) >= 11 is 3.50. The predicted octanol–water partition coefficient (Wildman–Crippen LogP) is 7.55. The summed E-state index contributed by atoms with van der Waals surface area (Å²) in [5, 5.41) is 11.8. The molecule has 0 radical (unpaired) electrons. The summed E-state index contributed by atoms with van der Waals surface area (Å²) < 4.78 is 14.5. The molecule has 1 N–H and O–H groups in total. The molecule has 46 heavy (non-hydrogen) atoms. The van der Waals surface area contributed by atoms with E-state index in [0.29, 0.717) is 18.2 Å². The van der Waals surface area contributed by atoms with Crippen molar-refractivity contribution in [1.29, 1.82) is 0 Å². The molecule has 8 nitrogen and oxygen atoms in total. The number of alkyl carbamates (subject to hydrolysis) is 1. The SMILES string of the molecule is CC(C)(C)OC(=O)[C@H](Cc1nnc(-c2ccccc2)n1Cc1ccc(Br)cc1)NC(=O)OCC1c2ccccc2-c2ccccc21. The fourth-order valence-corrected chi connectivity index (χ4v) is 6.02. The van der Waals surface area contributed by atoms with Gasteiger partial charge in [-0.1, -0.05) is 107 Å². The average Bonchev–Trinajstić information content (AvgIpc) is 3.58. The van der Waals surface area contributed by atoms with Gasteiger partial charge in [0.15, 0.2) is 5.82 Å². The number of ether oxygens (including phenoxy) is 2. The number of rotatable bonds is 9. The Labute approximate surface area is 276 Å². The third-order valence-corrected chi connectivity index (χ3v) is 8.36. The molecule has 0 saturated carbocycles. The minimum absolute atomic E-state index is 0.0511. The highest BCUT2D eigenvalue weighted by Gasteiger charge is 2.32. The van der Waals surface area contributed by atoms with Crippen molar-refractivity contribution in [3.8, 4) is 22.5 Å². The van der Waals surface area contributed by atoms with E-state index in [-0.39, 0.29) is 18.9 Å². The van der Waals surface area contributed by atoms with Crippen LogP contribution in [-0.4, -0.2) is 45.1 Å². The van der Waals surface area contributed by atoms with Gasteiger partial charge in [-0.15, -0.1) is 10.2 Å². The Balaban J connectivity index is 1.25. The van der Waals surface area contributed by atoms with E-state index in [4.69, 9.17) is 9.47 Å². The Hall–Kier alpha value is -4.76. The van der Waals surface area contributed by atoms with Crippen molar-refractivity contribution in [3.63, 3.8) is 0 Å². The second kappa shape index (κ2) is 13.3. The number of nitrogens with one attached hydrogen (secondary N) is 1. The number of fused-ring (bicyclic) bond motifs is 3. The van der Waals surface area contributed by atoms with E-state index >= 15 is 0 Å². The maximum atomic E-state index is 13.5. The predicted molar refractivity (Wildman–Crippen MR) is 180 cm³/mol. The van der Waals surface area contributed by atoms with Crippen molar-refractivity contribution >= 4 is 28.0 Å². The molecule has 1 aromatic heterocycles. The van der Waals surface area contributed by atoms with Gasteiger partial charge in [-0.05, 0) is 60.7 Å². The van der Waals surface area contributed by atoms with Crippen LogP contribution >= 0.6 is 15.9 Å². The van der Waals surface area contributed by atoms with Crippen molar-refractivity contribution in [2.45, 2.75) is 51.3 Å². The van der Waals surface area contributed by atoms with Gasteiger partial charge < -0.3 is 19.4 Å². The molecule has 234 valence electrons. The highest BCUT2D eigenvalue weighted by Crippen LogP contribution is 2.44. The Kier molecular flexibility index (Phi) is 9.03. The maximum absolute atomic E-state index is 13.5. The van der Waals surface area contributed by atoms with E-state index in [1.54, 1.807) is 20.8 Å². The van der Waals surface area contributed by atoms with E-state index in [2.05, 4.69) is 55.7 Å². The van der Waals surface area contributed by atoms with Crippen LogP contribution in [-0.2, 0) is 27.2 Å².